The first kappa shape index (κ1) is 20.5. The van der Waals surface area contributed by atoms with Crippen molar-refractivity contribution in [3.63, 3.8) is 0 Å². The zero-order valence-corrected chi connectivity index (χ0v) is 15.6. The third-order valence-corrected chi connectivity index (χ3v) is 3.62. The number of nitrogens with one attached hydrogen (secondary N) is 1. The Labute approximate surface area is 157 Å². The third kappa shape index (κ3) is 5.32. The molecule has 0 aliphatic carbocycles. The van der Waals surface area contributed by atoms with Gasteiger partial charge in [-0.15, -0.1) is 0 Å². The molecule has 2 rings (SSSR count). The number of carbonyl (C=O) groups is 1. The summed E-state index contributed by atoms with van der Waals surface area (Å²) in [6.07, 6.45) is 0. The molecule has 0 heterocycles. The van der Waals surface area contributed by atoms with E-state index in [2.05, 4.69) is 5.32 Å². The Hall–Kier alpha value is -2.83. The van der Waals surface area contributed by atoms with Crippen LogP contribution < -0.4 is 19.5 Å². The van der Waals surface area contributed by atoms with Gasteiger partial charge in [0, 0.05) is 17.7 Å². The van der Waals surface area contributed by atoms with Gasteiger partial charge in [0.2, 0.25) is 5.75 Å². The van der Waals surface area contributed by atoms with Gasteiger partial charge in [0.1, 0.15) is 11.6 Å². The fourth-order valence-electron chi connectivity index (χ4n) is 2.48. The second-order valence-electron chi connectivity index (χ2n) is 5.52. The Kier molecular flexibility index (Phi) is 7.40. The van der Waals surface area contributed by atoms with Crippen molar-refractivity contribution >= 4 is 5.91 Å². The maximum atomic E-state index is 13.7. The molecule has 0 spiro atoms. The molecule has 0 atom stereocenters. The molecule has 0 radical (unpaired) electrons. The van der Waals surface area contributed by atoms with E-state index < -0.39 is 17.5 Å². The number of hydrogen-bond acceptors (Lipinski definition) is 4. The van der Waals surface area contributed by atoms with E-state index in [9.17, 15) is 13.6 Å². The van der Waals surface area contributed by atoms with Gasteiger partial charge in [0.15, 0.2) is 11.5 Å². The zero-order chi connectivity index (χ0) is 19.8. The van der Waals surface area contributed by atoms with Crippen molar-refractivity contribution in [1.29, 1.82) is 0 Å². The number of rotatable bonds is 9. The lowest BCUT2D eigenvalue weighted by Gasteiger charge is -2.17. The summed E-state index contributed by atoms with van der Waals surface area (Å²) in [5.74, 6) is -0.440. The molecule has 0 fully saturated rings. The van der Waals surface area contributed by atoms with Crippen molar-refractivity contribution in [2.75, 3.05) is 19.8 Å². The lowest BCUT2D eigenvalue weighted by atomic mass is 10.1. The van der Waals surface area contributed by atoms with Gasteiger partial charge in [-0.3, -0.25) is 4.79 Å². The van der Waals surface area contributed by atoms with E-state index in [-0.39, 0.29) is 17.7 Å². The van der Waals surface area contributed by atoms with Crippen LogP contribution in [0.4, 0.5) is 8.78 Å². The van der Waals surface area contributed by atoms with Crippen LogP contribution in [0.2, 0.25) is 0 Å². The molecule has 27 heavy (non-hydrogen) atoms. The van der Waals surface area contributed by atoms with Crippen LogP contribution in [-0.2, 0) is 6.54 Å². The van der Waals surface area contributed by atoms with Crippen molar-refractivity contribution in [2.45, 2.75) is 27.3 Å². The Balaban J connectivity index is 2.27. The van der Waals surface area contributed by atoms with E-state index in [1.807, 2.05) is 20.8 Å². The summed E-state index contributed by atoms with van der Waals surface area (Å²) in [4.78, 5) is 12.5. The van der Waals surface area contributed by atoms with E-state index in [4.69, 9.17) is 14.2 Å². The van der Waals surface area contributed by atoms with Crippen molar-refractivity contribution in [1.82, 2.24) is 5.32 Å². The Bertz CT molecular complexity index is 769. The highest BCUT2D eigenvalue weighted by molar-refractivity contribution is 5.95. The highest BCUT2D eigenvalue weighted by atomic mass is 19.1. The Morgan fingerprint density at radius 1 is 0.926 bits per heavy atom. The molecule has 2 aromatic rings. The van der Waals surface area contributed by atoms with Gasteiger partial charge in [-0.1, -0.05) is 0 Å². The van der Waals surface area contributed by atoms with E-state index in [1.165, 1.54) is 12.1 Å². The monoisotopic (exact) mass is 379 g/mol. The molecule has 7 heteroatoms. The molecular formula is C20H23F2NO4. The molecule has 0 aromatic heterocycles. The molecule has 0 aliphatic heterocycles. The first-order valence-electron chi connectivity index (χ1n) is 8.78. The average molecular weight is 379 g/mol. The first-order valence-corrected chi connectivity index (χ1v) is 8.78. The smallest absolute Gasteiger partial charge is 0.251 e. The molecule has 0 saturated carbocycles. The maximum absolute atomic E-state index is 13.7. The van der Waals surface area contributed by atoms with Crippen LogP contribution in [0.15, 0.2) is 30.3 Å². The minimum absolute atomic E-state index is 0.0596. The van der Waals surface area contributed by atoms with Gasteiger partial charge in [-0.2, -0.15) is 0 Å². The molecule has 5 nitrogen and oxygen atoms in total. The summed E-state index contributed by atoms with van der Waals surface area (Å²) in [5, 5.41) is 2.58. The summed E-state index contributed by atoms with van der Waals surface area (Å²) in [6, 6.07) is 6.16. The molecule has 0 bridgehead atoms. The molecule has 146 valence electrons. The summed E-state index contributed by atoms with van der Waals surface area (Å²) >= 11 is 0. The minimum Gasteiger partial charge on any atom is -0.490 e. The predicted octanol–water partition coefficient (Wildman–Crippen LogP) is 4.09. The summed E-state index contributed by atoms with van der Waals surface area (Å²) in [6.45, 7) is 6.48. The van der Waals surface area contributed by atoms with Crippen molar-refractivity contribution in [2.24, 2.45) is 0 Å². The normalized spacial score (nSPS) is 10.4. The minimum atomic E-state index is -0.589. The first-order chi connectivity index (χ1) is 13.0. The quantitative estimate of drug-likeness (QED) is 0.713. The molecule has 2 aromatic carbocycles. The fourth-order valence-corrected chi connectivity index (χ4v) is 2.48. The van der Waals surface area contributed by atoms with Crippen LogP contribution in [0.3, 0.4) is 0 Å². The largest absolute Gasteiger partial charge is 0.490 e. The summed E-state index contributed by atoms with van der Waals surface area (Å²) in [5.41, 5.74) is 0.325. The summed E-state index contributed by atoms with van der Waals surface area (Å²) in [7, 11) is 0. The van der Waals surface area contributed by atoms with Gasteiger partial charge in [-0.25, -0.2) is 8.78 Å². The highest BCUT2D eigenvalue weighted by Crippen LogP contribution is 2.39. The lowest BCUT2D eigenvalue weighted by Crippen LogP contribution is -2.23. The molecule has 0 saturated heterocycles. The van der Waals surface area contributed by atoms with Crippen molar-refractivity contribution < 1.29 is 27.8 Å². The van der Waals surface area contributed by atoms with Gasteiger partial charge >= 0.3 is 0 Å². The predicted molar refractivity (Wildman–Crippen MR) is 97.5 cm³/mol. The maximum Gasteiger partial charge on any atom is 0.251 e. The SMILES string of the molecule is CCOc1cc(C(=O)NCc2cc(F)ccc2F)cc(OCC)c1OCC. The number of benzene rings is 2. The number of hydrogen-bond donors (Lipinski definition) is 1. The van der Waals surface area contributed by atoms with E-state index >= 15 is 0 Å². The summed E-state index contributed by atoms with van der Waals surface area (Å²) < 4.78 is 43.7. The zero-order valence-electron chi connectivity index (χ0n) is 15.6. The number of ether oxygens (including phenoxy) is 3. The highest BCUT2D eigenvalue weighted by Gasteiger charge is 2.18. The van der Waals surface area contributed by atoms with Crippen LogP contribution in [0.1, 0.15) is 36.7 Å². The van der Waals surface area contributed by atoms with Crippen molar-refractivity contribution in [3.8, 4) is 17.2 Å². The standard InChI is InChI=1S/C20H23F2NO4/c1-4-25-17-10-13(11-18(26-5-2)19(17)27-6-3)20(24)23-12-14-9-15(21)7-8-16(14)22/h7-11H,4-6,12H2,1-3H3,(H,23,24). The van der Waals surface area contributed by atoms with Gasteiger partial charge < -0.3 is 19.5 Å². The molecule has 0 aliphatic rings. The number of amides is 1. The lowest BCUT2D eigenvalue weighted by molar-refractivity contribution is 0.0949. The van der Waals surface area contributed by atoms with E-state index in [1.54, 1.807) is 0 Å². The van der Waals surface area contributed by atoms with Crippen LogP contribution in [0, 0.1) is 11.6 Å². The Morgan fingerprint density at radius 2 is 1.52 bits per heavy atom. The van der Waals surface area contributed by atoms with Crippen LogP contribution in [-0.4, -0.2) is 25.7 Å². The van der Waals surface area contributed by atoms with E-state index in [0.717, 1.165) is 18.2 Å². The molecule has 1 amide bonds. The van der Waals surface area contributed by atoms with Crippen LogP contribution in [0.5, 0.6) is 17.2 Å². The molecular weight excluding hydrogens is 356 g/mol. The fraction of sp³-hybridized carbons (Fsp3) is 0.350. The second kappa shape index (κ2) is 9.75. The van der Waals surface area contributed by atoms with E-state index in [0.29, 0.717) is 37.1 Å². The molecule has 1 N–H and O–H groups in total. The molecule has 0 unspecified atom stereocenters. The topological polar surface area (TPSA) is 56.8 Å². The number of carbonyl (C=O) groups excluding carboxylic acids is 1. The van der Waals surface area contributed by atoms with Crippen molar-refractivity contribution in [3.05, 3.63) is 53.1 Å². The Morgan fingerprint density at radius 3 is 2.07 bits per heavy atom. The van der Waals surface area contributed by atoms with Gasteiger partial charge in [0.05, 0.1) is 19.8 Å². The van der Waals surface area contributed by atoms with Gasteiger partial charge in [-0.05, 0) is 51.1 Å². The van der Waals surface area contributed by atoms with Gasteiger partial charge in [0.25, 0.3) is 5.91 Å². The number of halogens is 2. The van der Waals surface area contributed by atoms with Crippen LogP contribution in [0.25, 0.3) is 0 Å². The van der Waals surface area contributed by atoms with Crippen LogP contribution >= 0.6 is 0 Å². The second-order valence-corrected chi connectivity index (χ2v) is 5.52. The third-order valence-electron chi connectivity index (χ3n) is 3.62. The average Bonchev–Trinajstić information content (AvgIpc) is 2.65.